The molecule has 1 saturated heterocycles. The maximum absolute atomic E-state index is 12.6. The van der Waals surface area contributed by atoms with Crippen molar-refractivity contribution >= 4 is 11.9 Å². The first-order valence-corrected chi connectivity index (χ1v) is 7.92. The Bertz CT molecular complexity index is 753. The molecule has 126 valence electrons. The lowest BCUT2D eigenvalue weighted by Gasteiger charge is -2.36. The zero-order valence-electron chi connectivity index (χ0n) is 14.3. The number of hydrogen-bond acceptors (Lipinski definition) is 4. The molecule has 0 saturated carbocycles. The van der Waals surface area contributed by atoms with E-state index in [9.17, 15) is 9.59 Å². The Morgan fingerprint density at radius 1 is 1.04 bits per heavy atom. The maximum Gasteiger partial charge on any atom is 0.324 e. The SMILES string of the molecule is Cc1ccc(C(c2cccn2C)C2C(=O)OC(C)(C)OC2=O)cc1. The lowest BCUT2D eigenvalue weighted by molar-refractivity contribution is -0.240. The molecule has 3 rings (SSSR count). The van der Waals surface area contributed by atoms with Crippen molar-refractivity contribution in [3.05, 3.63) is 59.4 Å². The van der Waals surface area contributed by atoms with Gasteiger partial charge in [0.1, 0.15) is 0 Å². The number of ether oxygens (including phenoxy) is 2. The molecule has 24 heavy (non-hydrogen) atoms. The number of rotatable bonds is 3. The van der Waals surface area contributed by atoms with Gasteiger partial charge in [-0.1, -0.05) is 29.8 Å². The Hall–Kier alpha value is -2.56. The highest BCUT2D eigenvalue weighted by Crippen LogP contribution is 2.38. The summed E-state index contributed by atoms with van der Waals surface area (Å²) in [6.45, 7) is 5.11. The first kappa shape index (κ1) is 16.3. The van der Waals surface area contributed by atoms with Crippen LogP contribution in [0.15, 0.2) is 42.6 Å². The summed E-state index contributed by atoms with van der Waals surface area (Å²) in [7, 11) is 1.89. The van der Waals surface area contributed by atoms with E-state index in [4.69, 9.17) is 9.47 Å². The smallest absolute Gasteiger partial charge is 0.324 e. The fraction of sp³-hybridized carbons (Fsp3) is 0.368. The summed E-state index contributed by atoms with van der Waals surface area (Å²) in [6.07, 6.45) is 1.89. The Labute approximate surface area is 141 Å². The largest absolute Gasteiger partial charge is 0.422 e. The summed E-state index contributed by atoms with van der Waals surface area (Å²) in [5.41, 5.74) is 2.85. The van der Waals surface area contributed by atoms with Crippen molar-refractivity contribution < 1.29 is 19.1 Å². The molecule has 1 aromatic heterocycles. The Kier molecular flexibility index (Phi) is 3.95. The zero-order chi connectivity index (χ0) is 17.5. The van der Waals surface area contributed by atoms with Crippen LogP contribution in [-0.4, -0.2) is 22.3 Å². The van der Waals surface area contributed by atoms with Crippen LogP contribution in [0.4, 0.5) is 0 Å². The van der Waals surface area contributed by atoms with Crippen LogP contribution < -0.4 is 0 Å². The van der Waals surface area contributed by atoms with Crippen LogP contribution in [0.3, 0.4) is 0 Å². The van der Waals surface area contributed by atoms with E-state index < -0.39 is 29.6 Å². The molecule has 1 unspecified atom stereocenters. The van der Waals surface area contributed by atoms with Crippen LogP contribution in [0.5, 0.6) is 0 Å². The van der Waals surface area contributed by atoms with E-state index >= 15 is 0 Å². The maximum atomic E-state index is 12.6. The third-order valence-electron chi connectivity index (χ3n) is 4.27. The van der Waals surface area contributed by atoms with Crippen LogP contribution in [0.25, 0.3) is 0 Å². The van der Waals surface area contributed by atoms with E-state index in [0.717, 1.165) is 16.8 Å². The number of hydrogen-bond donors (Lipinski definition) is 0. The number of carbonyl (C=O) groups is 2. The van der Waals surface area contributed by atoms with Gasteiger partial charge in [-0.2, -0.15) is 0 Å². The number of benzene rings is 1. The van der Waals surface area contributed by atoms with Gasteiger partial charge < -0.3 is 14.0 Å². The van der Waals surface area contributed by atoms with Crippen LogP contribution in [0.2, 0.25) is 0 Å². The number of cyclic esters (lactones) is 2. The van der Waals surface area contributed by atoms with Crippen LogP contribution in [0.1, 0.15) is 36.6 Å². The molecule has 0 amide bonds. The van der Waals surface area contributed by atoms with Crippen molar-refractivity contribution in [1.29, 1.82) is 0 Å². The third kappa shape index (κ3) is 2.94. The molecule has 0 spiro atoms. The minimum atomic E-state index is -1.23. The van der Waals surface area contributed by atoms with E-state index in [2.05, 4.69) is 0 Å². The number of nitrogens with zero attached hydrogens (tertiary/aromatic N) is 1. The van der Waals surface area contributed by atoms with Gasteiger partial charge in [-0.3, -0.25) is 9.59 Å². The Morgan fingerprint density at radius 2 is 1.62 bits per heavy atom. The standard InChI is InChI=1S/C19H21NO4/c1-12-7-9-13(10-8-12)15(14-6-5-11-20(14)4)16-17(21)23-19(2,3)24-18(16)22/h5-11,15-16H,1-4H3. The minimum absolute atomic E-state index is 0.457. The van der Waals surface area contributed by atoms with Gasteiger partial charge in [0, 0.05) is 38.7 Å². The quantitative estimate of drug-likeness (QED) is 0.642. The molecule has 2 aromatic rings. The van der Waals surface area contributed by atoms with Crippen molar-refractivity contribution in [2.75, 3.05) is 0 Å². The molecule has 1 aliphatic rings. The predicted octanol–water partition coefficient (Wildman–Crippen LogP) is 2.92. The number of carbonyl (C=O) groups excluding carboxylic acids is 2. The van der Waals surface area contributed by atoms with Crippen LogP contribution in [-0.2, 0) is 26.1 Å². The highest BCUT2D eigenvalue weighted by atomic mass is 16.7. The Balaban J connectivity index is 2.08. The Morgan fingerprint density at radius 3 is 2.12 bits per heavy atom. The first-order valence-electron chi connectivity index (χ1n) is 7.92. The van der Waals surface area contributed by atoms with E-state index in [1.165, 1.54) is 0 Å². The molecule has 2 heterocycles. The molecule has 5 heteroatoms. The van der Waals surface area contributed by atoms with Gasteiger partial charge in [-0.25, -0.2) is 0 Å². The van der Waals surface area contributed by atoms with E-state index in [1.54, 1.807) is 13.8 Å². The molecule has 0 radical (unpaired) electrons. The lowest BCUT2D eigenvalue weighted by Crippen LogP contribution is -2.48. The van der Waals surface area contributed by atoms with Gasteiger partial charge in [-0.05, 0) is 24.6 Å². The summed E-state index contributed by atoms with van der Waals surface area (Å²) in [6, 6.07) is 11.6. The van der Waals surface area contributed by atoms with Crippen molar-refractivity contribution in [3.63, 3.8) is 0 Å². The normalized spacial score (nSPS) is 18.8. The second kappa shape index (κ2) is 5.82. The second-order valence-electron chi connectivity index (χ2n) is 6.65. The first-order chi connectivity index (χ1) is 11.3. The number of esters is 2. The van der Waals surface area contributed by atoms with E-state index in [-0.39, 0.29) is 0 Å². The van der Waals surface area contributed by atoms with Crippen LogP contribution >= 0.6 is 0 Å². The zero-order valence-corrected chi connectivity index (χ0v) is 14.3. The molecule has 1 aliphatic heterocycles. The van der Waals surface area contributed by atoms with Gasteiger partial charge in [0.25, 0.3) is 5.79 Å². The van der Waals surface area contributed by atoms with Gasteiger partial charge >= 0.3 is 11.9 Å². The highest BCUT2D eigenvalue weighted by Gasteiger charge is 2.48. The molecule has 5 nitrogen and oxygen atoms in total. The summed E-state index contributed by atoms with van der Waals surface area (Å²) in [5.74, 6) is -3.81. The monoisotopic (exact) mass is 327 g/mol. The molecule has 1 atom stereocenters. The van der Waals surface area contributed by atoms with Crippen molar-refractivity contribution in [2.24, 2.45) is 13.0 Å². The van der Waals surface area contributed by atoms with Crippen molar-refractivity contribution in [1.82, 2.24) is 4.57 Å². The average Bonchev–Trinajstić information content (AvgIpc) is 2.89. The predicted molar refractivity (Wildman–Crippen MR) is 88.2 cm³/mol. The summed E-state index contributed by atoms with van der Waals surface area (Å²) >= 11 is 0. The molecular weight excluding hydrogens is 306 g/mol. The van der Waals surface area contributed by atoms with Gasteiger partial charge in [0.05, 0.1) is 0 Å². The van der Waals surface area contributed by atoms with Gasteiger partial charge in [-0.15, -0.1) is 0 Å². The second-order valence-corrected chi connectivity index (χ2v) is 6.65. The van der Waals surface area contributed by atoms with Crippen LogP contribution in [0, 0.1) is 12.8 Å². The van der Waals surface area contributed by atoms with Gasteiger partial charge in [0.15, 0.2) is 5.92 Å². The van der Waals surface area contributed by atoms with Gasteiger partial charge in [0.2, 0.25) is 0 Å². The summed E-state index contributed by atoms with van der Waals surface area (Å²) < 4.78 is 12.6. The van der Waals surface area contributed by atoms with E-state index in [0.29, 0.717) is 0 Å². The molecular formula is C19H21NO4. The highest BCUT2D eigenvalue weighted by molar-refractivity contribution is 5.98. The average molecular weight is 327 g/mol. The fourth-order valence-corrected chi connectivity index (χ4v) is 3.11. The molecule has 0 bridgehead atoms. The topological polar surface area (TPSA) is 57.5 Å². The summed E-state index contributed by atoms with van der Waals surface area (Å²) in [5, 5.41) is 0. The molecule has 1 aromatic carbocycles. The van der Waals surface area contributed by atoms with E-state index in [1.807, 2.05) is 61.1 Å². The number of aromatic nitrogens is 1. The van der Waals surface area contributed by atoms with Crippen molar-refractivity contribution in [2.45, 2.75) is 32.5 Å². The molecule has 0 N–H and O–H groups in total. The minimum Gasteiger partial charge on any atom is -0.422 e. The lowest BCUT2D eigenvalue weighted by atomic mass is 9.82. The fourth-order valence-electron chi connectivity index (χ4n) is 3.11. The number of aryl methyl sites for hydroxylation is 2. The third-order valence-corrected chi connectivity index (χ3v) is 4.27. The molecule has 0 aliphatic carbocycles. The van der Waals surface area contributed by atoms with Crippen molar-refractivity contribution in [3.8, 4) is 0 Å². The molecule has 1 fully saturated rings. The summed E-state index contributed by atoms with van der Waals surface area (Å²) in [4.78, 5) is 25.2.